The first-order valence-electron chi connectivity index (χ1n) is 8.16. The van der Waals surface area contributed by atoms with Crippen molar-refractivity contribution in [1.82, 2.24) is 5.32 Å². The molecule has 0 saturated heterocycles. The molecule has 1 heterocycles. The Morgan fingerprint density at radius 3 is 3.00 bits per heavy atom. The van der Waals surface area contributed by atoms with Gasteiger partial charge in [-0.25, -0.2) is 4.39 Å². The van der Waals surface area contributed by atoms with E-state index in [1.807, 2.05) is 6.92 Å². The van der Waals surface area contributed by atoms with Crippen LogP contribution in [0.5, 0.6) is 0 Å². The maximum absolute atomic E-state index is 13.6. The van der Waals surface area contributed by atoms with Crippen LogP contribution in [0.2, 0.25) is 0 Å². The molecule has 126 valence electrons. The van der Waals surface area contributed by atoms with Gasteiger partial charge in [0.15, 0.2) is 0 Å². The minimum absolute atomic E-state index is 0.0686. The van der Waals surface area contributed by atoms with Crippen molar-refractivity contribution >= 4 is 11.6 Å². The van der Waals surface area contributed by atoms with Gasteiger partial charge in [0.1, 0.15) is 5.82 Å². The van der Waals surface area contributed by atoms with Gasteiger partial charge in [0, 0.05) is 44.1 Å². The summed E-state index contributed by atoms with van der Waals surface area (Å²) in [6.45, 7) is 3.00. The molecule has 0 spiro atoms. The van der Waals surface area contributed by atoms with Gasteiger partial charge in [-0.05, 0) is 37.1 Å². The zero-order valence-corrected chi connectivity index (χ0v) is 13.3. The number of rotatable bonds is 5. The standard InChI is InChI=1S/C17H23FN2O3/c1-2-23-12-8-17(22,9-12)10-19-14-5-6-16(21)20-15-4-3-11(18)7-13(14)15/h3-4,7,12,14,19,22H,2,5-6,8-10H2,1H3,(H,20,21). The summed E-state index contributed by atoms with van der Waals surface area (Å²) in [5.41, 5.74) is 0.594. The lowest BCUT2D eigenvalue weighted by molar-refractivity contribution is -0.135. The molecule has 1 aliphatic heterocycles. The molecule has 1 aromatic carbocycles. The van der Waals surface area contributed by atoms with Gasteiger partial charge in [-0.2, -0.15) is 0 Å². The fraction of sp³-hybridized carbons (Fsp3) is 0.588. The van der Waals surface area contributed by atoms with Crippen LogP contribution in [0.3, 0.4) is 0 Å². The highest BCUT2D eigenvalue weighted by atomic mass is 19.1. The predicted molar refractivity (Wildman–Crippen MR) is 84.6 cm³/mol. The maximum Gasteiger partial charge on any atom is 0.224 e. The van der Waals surface area contributed by atoms with Gasteiger partial charge in [-0.15, -0.1) is 0 Å². The Morgan fingerprint density at radius 2 is 2.26 bits per heavy atom. The van der Waals surface area contributed by atoms with Gasteiger partial charge in [-0.3, -0.25) is 4.79 Å². The largest absolute Gasteiger partial charge is 0.388 e. The minimum atomic E-state index is -0.781. The van der Waals surface area contributed by atoms with Crippen molar-refractivity contribution in [3.05, 3.63) is 29.6 Å². The molecule has 0 radical (unpaired) electrons. The fourth-order valence-electron chi connectivity index (χ4n) is 3.39. The summed E-state index contributed by atoms with van der Waals surface area (Å²) in [5, 5.41) is 16.6. The molecular weight excluding hydrogens is 299 g/mol. The molecular formula is C17H23FN2O3. The Balaban J connectivity index is 1.66. The molecule has 3 rings (SSSR count). The van der Waals surface area contributed by atoms with Gasteiger partial charge in [-0.1, -0.05) is 0 Å². The van der Waals surface area contributed by atoms with Gasteiger partial charge < -0.3 is 20.5 Å². The number of hydrogen-bond acceptors (Lipinski definition) is 4. The van der Waals surface area contributed by atoms with Gasteiger partial charge in [0.25, 0.3) is 0 Å². The lowest BCUT2D eigenvalue weighted by Gasteiger charge is -2.44. The molecule has 1 saturated carbocycles. The third-order valence-corrected chi connectivity index (χ3v) is 4.62. The highest BCUT2D eigenvalue weighted by Gasteiger charge is 2.43. The smallest absolute Gasteiger partial charge is 0.224 e. The molecule has 0 aromatic heterocycles. The number of carbonyl (C=O) groups excluding carboxylic acids is 1. The fourth-order valence-corrected chi connectivity index (χ4v) is 3.39. The first-order chi connectivity index (χ1) is 11.0. The number of ether oxygens (including phenoxy) is 1. The highest BCUT2D eigenvalue weighted by Crippen LogP contribution is 2.36. The summed E-state index contributed by atoms with van der Waals surface area (Å²) in [7, 11) is 0. The molecule has 1 fully saturated rings. The van der Waals surface area contributed by atoms with E-state index >= 15 is 0 Å². The second-order valence-corrected chi connectivity index (χ2v) is 6.46. The third-order valence-electron chi connectivity index (χ3n) is 4.62. The Hall–Kier alpha value is -1.50. The van der Waals surface area contributed by atoms with Crippen LogP contribution in [0.4, 0.5) is 10.1 Å². The molecule has 23 heavy (non-hydrogen) atoms. The topological polar surface area (TPSA) is 70.6 Å². The van der Waals surface area contributed by atoms with Crippen molar-refractivity contribution in [2.75, 3.05) is 18.5 Å². The molecule has 1 aliphatic carbocycles. The van der Waals surface area contributed by atoms with Crippen LogP contribution < -0.4 is 10.6 Å². The third kappa shape index (κ3) is 3.71. The van der Waals surface area contributed by atoms with Gasteiger partial charge >= 0.3 is 0 Å². The van der Waals surface area contributed by atoms with E-state index in [0.717, 1.165) is 5.56 Å². The zero-order chi connectivity index (χ0) is 16.4. The van der Waals surface area contributed by atoms with E-state index in [2.05, 4.69) is 10.6 Å². The van der Waals surface area contributed by atoms with Crippen LogP contribution in [0.15, 0.2) is 18.2 Å². The van der Waals surface area contributed by atoms with E-state index in [4.69, 9.17) is 4.74 Å². The molecule has 1 aromatic rings. The van der Waals surface area contributed by atoms with Crippen LogP contribution in [-0.2, 0) is 9.53 Å². The quantitative estimate of drug-likeness (QED) is 0.776. The van der Waals surface area contributed by atoms with Crippen molar-refractivity contribution in [2.24, 2.45) is 0 Å². The van der Waals surface area contributed by atoms with Crippen molar-refractivity contribution < 1.29 is 19.0 Å². The van der Waals surface area contributed by atoms with E-state index in [9.17, 15) is 14.3 Å². The Morgan fingerprint density at radius 1 is 1.48 bits per heavy atom. The summed E-state index contributed by atoms with van der Waals surface area (Å²) in [6, 6.07) is 4.22. The number of carbonyl (C=O) groups is 1. The lowest BCUT2D eigenvalue weighted by atomic mass is 9.77. The summed E-state index contributed by atoms with van der Waals surface area (Å²) < 4.78 is 19.1. The van der Waals surface area contributed by atoms with E-state index in [1.165, 1.54) is 12.1 Å². The number of halogens is 1. The molecule has 5 nitrogen and oxygen atoms in total. The normalized spacial score (nSPS) is 30.1. The Labute approximate surface area is 135 Å². The summed E-state index contributed by atoms with van der Waals surface area (Å²) in [4.78, 5) is 11.8. The number of nitrogens with one attached hydrogen (secondary N) is 2. The number of amides is 1. The van der Waals surface area contributed by atoms with Crippen LogP contribution in [0.1, 0.15) is 44.2 Å². The molecule has 1 atom stereocenters. The average Bonchev–Trinajstić information content (AvgIpc) is 2.63. The zero-order valence-electron chi connectivity index (χ0n) is 13.3. The monoisotopic (exact) mass is 322 g/mol. The average molecular weight is 322 g/mol. The first-order valence-corrected chi connectivity index (χ1v) is 8.16. The second kappa shape index (κ2) is 6.55. The molecule has 0 bridgehead atoms. The minimum Gasteiger partial charge on any atom is -0.388 e. The Kier molecular flexibility index (Phi) is 4.66. The van der Waals surface area contributed by atoms with E-state index in [1.54, 1.807) is 6.07 Å². The number of anilines is 1. The predicted octanol–water partition coefficient (Wildman–Crippen LogP) is 2.12. The van der Waals surface area contributed by atoms with Crippen molar-refractivity contribution in [2.45, 2.75) is 50.4 Å². The van der Waals surface area contributed by atoms with Gasteiger partial charge in [0.05, 0.1) is 11.7 Å². The van der Waals surface area contributed by atoms with Crippen molar-refractivity contribution in [3.8, 4) is 0 Å². The highest BCUT2D eigenvalue weighted by molar-refractivity contribution is 5.92. The number of aliphatic hydroxyl groups is 1. The van der Waals surface area contributed by atoms with Crippen molar-refractivity contribution in [1.29, 1.82) is 0 Å². The van der Waals surface area contributed by atoms with Crippen molar-refractivity contribution in [3.63, 3.8) is 0 Å². The van der Waals surface area contributed by atoms with Crippen LogP contribution >= 0.6 is 0 Å². The number of hydrogen-bond donors (Lipinski definition) is 3. The van der Waals surface area contributed by atoms with Gasteiger partial charge in [0.2, 0.25) is 5.91 Å². The van der Waals surface area contributed by atoms with E-state index < -0.39 is 5.60 Å². The second-order valence-electron chi connectivity index (χ2n) is 6.46. The summed E-state index contributed by atoms with van der Waals surface area (Å²) in [5.74, 6) is -0.397. The number of benzene rings is 1. The lowest BCUT2D eigenvalue weighted by Crippen LogP contribution is -2.54. The van der Waals surface area contributed by atoms with E-state index in [0.29, 0.717) is 44.5 Å². The Bertz CT molecular complexity index is 587. The molecule has 1 amide bonds. The first kappa shape index (κ1) is 16.4. The SMILES string of the molecule is CCOC1CC(O)(CNC2CCC(=O)Nc3ccc(F)cc32)C1. The van der Waals surface area contributed by atoms with E-state index in [-0.39, 0.29) is 23.9 Å². The van der Waals surface area contributed by atoms with Crippen LogP contribution in [0, 0.1) is 5.82 Å². The molecule has 2 aliphatic rings. The molecule has 6 heteroatoms. The summed E-state index contributed by atoms with van der Waals surface area (Å²) in [6.07, 6.45) is 2.27. The molecule has 1 unspecified atom stereocenters. The number of fused-ring (bicyclic) bond motifs is 1. The maximum atomic E-state index is 13.6. The van der Waals surface area contributed by atoms with Crippen LogP contribution in [0.25, 0.3) is 0 Å². The van der Waals surface area contributed by atoms with Crippen LogP contribution in [-0.4, -0.2) is 35.9 Å². The molecule has 3 N–H and O–H groups in total. The summed E-state index contributed by atoms with van der Waals surface area (Å²) >= 11 is 0.